The Morgan fingerprint density at radius 3 is 2.89 bits per heavy atom. The third-order valence-electron chi connectivity index (χ3n) is 2.16. The van der Waals surface area contributed by atoms with Gasteiger partial charge in [-0.1, -0.05) is 34.6 Å². The van der Waals surface area contributed by atoms with Gasteiger partial charge in [0.05, 0.1) is 0 Å². The van der Waals surface area contributed by atoms with Crippen LogP contribution in [0.4, 0.5) is 0 Å². The minimum Gasteiger partial charge on any atom is -0.409 e. The number of rotatable bonds is 3. The monoisotopic (exact) mass is 279 g/mol. The Morgan fingerprint density at radius 2 is 2.17 bits per heavy atom. The van der Waals surface area contributed by atoms with Gasteiger partial charge in [-0.2, -0.15) is 0 Å². The molecule has 1 aromatic carbocycles. The molecule has 0 spiro atoms. The molecule has 0 atom stereocenters. The van der Waals surface area contributed by atoms with Gasteiger partial charge in [-0.25, -0.2) is 4.98 Å². The average Bonchev–Trinajstić information content (AvgIpc) is 2.38. The molecule has 0 aliphatic carbocycles. The van der Waals surface area contributed by atoms with Gasteiger partial charge in [0.2, 0.25) is 0 Å². The molecule has 0 bridgehead atoms. The van der Waals surface area contributed by atoms with Gasteiger partial charge in [-0.3, -0.25) is 0 Å². The summed E-state index contributed by atoms with van der Waals surface area (Å²) in [7, 11) is 0. The molecule has 92 valence electrons. The van der Waals surface area contributed by atoms with Gasteiger partial charge in [0, 0.05) is 21.7 Å². The maximum Gasteiger partial charge on any atom is 0.170 e. The zero-order chi connectivity index (χ0) is 13.0. The van der Waals surface area contributed by atoms with Crippen LogP contribution in [0.15, 0.2) is 57.7 Å². The van der Waals surface area contributed by atoms with Crippen LogP contribution in [0.3, 0.4) is 0 Å². The molecule has 0 saturated carbocycles. The van der Waals surface area contributed by atoms with Gasteiger partial charge in [-0.05, 0) is 30.3 Å². The molecule has 0 aliphatic rings. The normalized spacial score (nSPS) is 11.5. The van der Waals surface area contributed by atoms with Crippen LogP contribution in [0.5, 0.6) is 0 Å². The van der Waals surface area contributed by atoms with Crippen molar-refractivity contribution >= 4 is 29.2 Å². The van der Waals surface area contributed by atoms with E-state index in [1.807, 2.05) is 24.3 Å². The van der Waals surface area contributed by atoms with Gasteiger partial charge in [0.15, 0.2) is 5.84 Å². The fraction of sp³-hybridized carbons (Fsp3) is 0. The number of amidine groups is 1. The molecule has 1 heterocycles. The summed E-state index contributed by atoms with van der Waals surface area (Å²) in [5.74, 6) is 0.0605. The number of benzene rings is 1. The smallest absolute Gasteiger partial charge is 0.170 e. The minimum absolute atomic E-state index is 0.0605. The van der Waals surface area contributed by atoms with Gasteiger partial charge < -0.3 is 10.9 Å². The standard InChI is InChI=1S/C12H10ClN3OS/c13-9-2-1-3-10(7-9)18-11-6-8(4-5-15-11)12(14)16-17/h1-7,17H,(H2,14,16). The van der Waals surface area contributed by atoms with E-state index in [9.17, 15) is 0 Å². The number of halogens is 1. The Kier molecular flexibility index (Phi) is 4.07. The second kappa shape index (κ2) is 5.75. The molecule has 2 aromatic rings. The van der Waals surface area contributed by atoms with E-state index < -0.39 is 0 Å². The van der Waals surface area contributed by atoms with Crippen LogP contribution in [0.1, 0.15) is 5.56 Å². The molecule has 1 aromatic heterocycles. The molecule has 0 fully saturated rings. The lowest BCUT2D eigenvalue weighted by Crippen LogP contribution is -2.13. The molecule has 2 rings (SSSR count). The number of oxime groups is 1. The van der Waals surface area contributed by atoms with E-state index in [1.165, 1.54) is 11.8 Å². The predicted molar refractivity (Wildman–Crippen MR) is 72.3 cm³/mol. The van der Waals surface area contributed by atoms with Crippen molar-refractivity contribution < 1.29 is 5.21 Å². The highest BCUT2D eigenvalue weighted by Gasteiger charge is 2.04. The molecule has 0 aliphatic heterocycles. The molecule has 3 N–H and O–H groups in total. The average molecular weight is 280 g/mol. The maximum atomic E-state index is 8.62. The van der Waals surface area contributed by atoms with Crippen LogP contribution in [0.25, 0.3) is 0 Å². The van der Waals surface area contributed by atoms with Gasteiger partial charge in [0.25, 0.3) is 0 Å². The molecule has 0 unspecified atom stereocenters. The van der Waals surface area contributed by atoms with Crippen LogP contribution < -0.4 is 5.73 Å². The van der Waals surface area contributed by atoms with Crippen LogP contribution in [0, 0.1) is 0 Å². The summed E-state index contributed by atoms with van der Waals surface area (Å²) in [6.45, 7) is 0. The molecule has 0 amide bonds. The Balaban J connectivity index is 2.24. The Bertz CT molecular complexity index is 589. The number of hydrogen-bond donors (Lipinski definition) is 2. The SMILES string of the molecule is NC(=NO)c1ccnc(Sc2cccc(Cl)c2)c1. The highest BCUT2D eigenvalue weighted by Crippen LogP contribution is 2.28. The molecule has 6 heteroatoms. The summed E-state index contributed by atoms with van der Waals surface area (Å²) < 4.78 is 0. The fourth-order valence-corrected chi connectivity index (χ4v) is 2.46. The summed E-state index contributed by atoms with van der Waals surface area (Å²) >= 11 is 7.37. The summed E-state index contributed by atoms with van der Waals surface area (Å²) in [5, 5.41) is 13.0. The summed E-state index contributed by atoms with van der Waals surface area (Å²) in [5.41, 5.74) is 6.14. The largest absolute Gasteiger partial charge is 0.409 e. The van der Waals surface area contributed by atoms with E-state index in [4.69, 9.17) is 22.5 Å². The van der Waals surface area contributed by atoms with Crippen molar-refractivity contribution in [3.63, 3.8) is 0 Å². The predicted octanol–water partition coefficient (Wildman–Crippen LogP) is 2.98. The lowest BCUT2D eigenvalue weighted by molar-refractivity contribution is 0.318. The first kappa shape index (κ1) is 12.7. The van der Waals surface area contributed by atoms with E-state index in [0.29, 0.717) is 10.6 Å². The number of nitrogens with zero attached hydrogens (tertiary/aromatic N) is 2. The van der Waals surface area contributed by atoms with Gasteiger partial charge in [0.1, 0.15) is 5.03 Å². The van der Waals surface area contributed by atoms with E-state index >= 15 is 0 Å². The first-order valence-electron chi connectivity index (χ1n) is 5.06. The van der Waals surface area contributed by atoms with E-state index in [-0.39, 0.29) is 5.84 Å². The van der Waals surface area contributed by atoms with Crippen molar-refractivity contribution in [2.45, 2.75) is 9.92 Å². The number of aromatic nitrogens is 1. The van der Waals surface area contributed by atoms with Crippen molar-refractivity contribution in [3.05, 3.63) is 53.2 Å². The quantitative estimate of drug-likeness (QED) is 0.392. The fourth-order valence-electron chi connectivity index (χ4n) is 1.33. The Morgan fingerprint density at radius 1 is 1.33 bits per heavy atom. The number of nitrogens with two attached hydrogens (primary N) is 1. The molecule has 0 radical (unpaired) electrons. The first-order chi connectivity index (χ1) is 8.69. The minimum atomic E-state index is 0.0605. The van der Waals surface area contributed by atoms with Crippen molar-refractivity contribution in [2.75, 3.05) is 0 Å². The molecular formula is C12H10ClN3OS. The Labute approximate surface area is 113 Å². The van der Waals surface area contributed by atoms with Crippen LogP contribution in [0.2, 0.25) is 5.02 Å². The van der Waals surface area contributed by atoms with E-state index in [1.54, 1.807) is 18.3 Å². The van der Waals surface area contributed by atoms with Crippen molar-refractivity contribution in [3.8, 4) is 0 Å². The molecule has 18 heavy (non-hydrogen) atoms. The zero-order valence-corrected chi connectivity index (χ0v) is 10.8. The van der Waals surface area contributed by atoms with Crippen LogP contribution in [-0.2, 0) is 0 Å². The molecule has 0 saturated heterocycles. The van der Waals surface area contributed by atoms with Crippen LogP contribution in [-0.4, -0.2) is 16.0 Å². The highest BCUT2D eigenvalue weighted by atomic mass is 35.5. The Hall–Kier alpha value is -1.72. The summed E-state index contributed by atoms with van der Waals surface area (Å²) in [4.78, 5) is 5.19. The lowest BCUT2D eigenvalue weighted by Gasteiger charge is -2.03. The molecular weight excluding hydrogens is 270 g/mol. The van der Waals surface area contributed by atoms with Gasteiger partial charge in [-0.15, -0.1) is 0 Å². The lowest BCUT2D eigenvalue weighted by atomic mass is 10.2. The zero-order valence-electron chi connectivity index (χ0n) is 9.25. The highest BCUT2D eigenvalue weighted by molar-refractivity contribution is 7.99. The van der Waals surface area contributed by atoms with Crippen molar-refractivity contribution in [1.82, 2.24) is 4.98 Å². The first-order valence-corrected chi connectivity index (χ1v) is 6.26. The summed E-state index contributed by atoms with van der Waals surface area (Å²) in [6.07, 6.45) is 1.61. The maximum absolute atomic E-state index is 8.62. The molecule has 4 nitrogen and oxygen atoms in total. The third-order valence-corrected chi connectivity index (χ3v) is 3.31. The summed E-state index contributed by atoms with van der Waals surface area (Å²) in [6, 6.07) is 10.9. The van der Waals surface area contributed by atoms with Crippen LogP contribution >= 0.6 is 23.4 Å². The topological polar surface area (TPSA) is 71.5 Å². The third kappa shape index (κ3) is 3.15. The second-order valence-electron chi connectivity index (χ2n) is 3.43. The van der Waals surface area contributed by atoms with Crippen molar-refractivity contribution in [1.29, 1.82) is 0 Å². The number of hydrogen-bond acceptors (Lipinski definition) is 4. The van der Waals surface area contributed by atoms with Gasteiger partial charge >= 0.3 is 0 Å². The van der Waals surface area contributed by atoms with Crippen molar-refractivity contribution in [2.24, 2.45) is 10.9 Å². The second-order valence-corrected chi connectivity index (χ2v) is 4.96. The number of pyridine rings is 1. The van der Waals surface area contributed by atoms with E-state index in [0.717, 1.165) is 9.92 Å². The van der Waals surface area contributed by atoms with E-state index in [2.05, 4.69) is 10.1 Å².